The number of likely N-dealkylation sites (tertiary alicyclic amines) is 2. The summed E-state index contributed by atoms with van der Waals surface area (Å²) in [5.41, 5.74) is 5.20. The molecule has 2 heterocycles. The van der Waals surface area contributed by atoms with E-state index in [-0.39, 0.29) is 31.1 Å². The molecule has 9 atom stereocenters. The highest BCUT2D eigenvalue weighted by Gasteiger charge is 2.42. The van der Waals surface area contributed by atoms with E-state index in [0.717, 1.165) is 54.5 Å². The fraction of sp³-hybridized carbons (Fsp3) is 0.580. The Balaban J connectivity index is 1.07. The topological polar surface area (TPSA) is 200 Å². The van der Waals surface area contributed by atoms with Crippen LogP contribution in [0.5, 0.6) is 0 Å². The predicted molar refractivity (Wildman–Crippen MR) is 250 cm³/mol. The molecule has 16 heteroatoms. The second kappa shape index (κ2) is 23.8. The molecule has 2 aliphatic heterocycles. The maximum Gasteiger partial charge on any atom is 0.268 e. The van der Waals surface area contributed by atoms with E-state index in [9.17, 15) is 28.8 Å². The van der Waals surface area contributed by atoms with E-state index in [1.807, 2.05) is 36.4 Å². The molecule has 2 saturated heterocycles. The SMILES string of the molecule is CN[C@@H](C)C(=O)N[C@H](C(=O)N1CCC[C@H]1C(=O)N=C1CCCc2ccccc21)[C@@H](C)OCC#CCO[C@H](C)[C@H](NC(=O)[C@H](C)NC)C(=O)N1CCC[C@H]1C(=O)N[C@@H]1CCCc2ccccc21. The lowest BCUT2D eigenvalue weighted by atomic mass is 9.87. The van der Waals surface area contributed by atoms with E-state index in [1.54, 1.807) is 46.7 Å². The Morgan fingerprint density at radius 2 is 1.20 bits per heavy atom. The minimum Gasteiger partial charge on any atom is -0.363 e. The predicted octanol–water partition coefficient (Wildman–Crippen LogP) is 2.51. The lowest BCUT2D eigenvalue weighted by molar-refractivity contribution is -0.145. The molecule has 6 amide bonds. The van der Waals surface area contributed by atoms with Gasteiger partial charge >= 0.3 is 0 Å². The van der Waals surface area contributed by atoms with Crippen molar-refractivity contribution in [3.8, 4) is 11.8 Å². The van der Waals surface area contributed by atoms with Gasteiger partial charge < -0.3 is 45.9 Å². The molecule has 5 N–H and O–H groups in total. The van der Waals surface area contributed by atoms with Crippen LogP contribution < -0.4 is 26.6 Å². The Morgan fingerprint density at radius 3 is 1.80 bits per heavy atom. The molecule has 6 rings (SSSR count). The Morgan fingerprint density at radius 1 is 0.667 bits per heavy atom. The van der Waals surface area contributed by atoms with Gasteiger partial charge in [0, 0.05) is 13.1 Å². The first kappa shape index (κ1) is 50.0. The molecule has 2 aliphatic carbocycles. The molecule has 16 nitrogen and oxygen atoms in total. The Labute approximate surface area is 389 Å². The number of benzene rings is 2. The van der Waals surface area contributed by atoms with Gasteiger partial charge in [-0.15, -0.1) is 0 Å². The number of fused-ring (bicyclic) bond motifs is 2. The van der Waals surface area contributed by atoms with E-state index in [1.165, 1.54) is 10.5 Å². The average molecular weight is 909 g/mol. The summed E-state index contributed by atoms with van der Waals surface area (Å²) in [7, 11) is 3.29. The lowest BCUT2D eigenvalue weighted by Crippen LogP contribution is -2.59. The van der Waals surface area contributed by atoms with Gasteiger partial charge in [-0.1, -0.05) is 60.4 Å². The summed E-state index contributed by atoms with van der Waals surface area (Å²) >= 11 is 0. The van der Waals surface area contributed by atoms with Crippen LogP contribution in [0.4, 0.5) is 0 Å². The monoisotopic (exact) mass is 909 g/mol. The van der Waals surface area contributed by atoms with Gasteiger partial charge in [0.15, 0.2) is 0 Å². The molecule has 0 saturated carbocycles. The fourth-order valence-corrected chi connectivity index (χ4v) is 9.26. The van der Waals surface area contributed by atoms with Crippen LogP contribution in [0.15, 0.2) is 53.5 Å². The van der Waals surface area contributed by atoms with Crippen molar-refractivity contribution < 1.29 is 38.2 Å². The van der Waals surface area contributed by atoms with Crippen molar-refractivity contribution in [2.75, 3.05) is 40.4 Å². The highest BCUT2D eigenvalue weighted by molar-refractivity contribution is 6.09. The van der Waals surface area contributed by atoms with Gasteiger partial charge in [0.2, 0.25) is 29.5 Å². The van der Waals surface area contributed by atoms with Gasteiger partial charge in [-0.25, -0.2) is 4.99 Å². The molecule has 2 aromatic rings. The van der Waals surface area contributed by atoms with Crippen LogP contribution in [0.1, 0.15) is 107 Å². The number of rotatable bonds is 17. The Kier molecular flexibility index (Phi) is 18.0. The molecular weight excluding hydrogens is 841 g/mol. The standard InChI is InChI=1S/C50H68N8O8/c1-31(51-5)45(59)55-43(49(63)57-27-15-25-41(57)47(61)53-39-23-13-19-35-17-7-9-21-37(35)39)33(3)65-29-11-12-30-66-34(4)44(56-46(60)32(2)52-6)50(64)58-28-16-26-42(58)48(62)54-40-24-14-20-36-18-8-10-22-38(36)40/h7-10,17-18,21-22,31-34,39,41-44,51-52H,13-16,19-20,23-30H2,1-6H3,(H,53,61)(H,55,59)(H,56,60)/t31-,32-,33+,34+,39+,41-,42-,43-,44-/m0/s1. The summed E-state index contributed by atoms with van der Waals surface area (Å²) in [6.45, 7) is 7.18. The van der Waals surface area contributed by atoms with E-state index in [4.69, 9.17) is 9.47 Å². The zero-order valence-corrected chi connectivity index (χ0v) is 39.3. The van der Waals surface area contributed by atoms with Crippen molar-refractivity contribution in [3.05, 3.63) is 70.8 Å². The number of nitrogens with zero attached hydrogens (tertiary/aromatic N) is 3. The summed E-state index contributed by atoms with van der Waals surface area (Å²) in [4.78, 5) is 90.0. The number of nitrogens with one attached hydrogen (secondary N) is 5. The highest BCUT2D eigenvalue weighted by atomic mass is 16.5. The smallest absolute Gasteiger partial charge is 0.268 e. The molecular formula is C50H68N8O8. The minimum absolute atomic E-state index is 0.117. The van der Waals surface area contributed by atoms with Crippen molar-refractivity contribution in [1.29, 1.82) is 0 Å². The summed E-state index contributed by atoms with van der Waals surface area (Å²) in [5.74, 6) is 3.56. The van der Waals surface area contributed by atoms with Crippen LogP contribution in [0.3, 0.4) is 0 Å². The first-order valence-corrected chi connectivity index (χ1v) is 23.7. The number of ether oxygens (including phenoxy) is 2. The van der Waals surface area contributed by atoms with Crippen LogP contribution >= 0.6 is 0 Å². The number of amides is 6. The number of aryl methyl sites for hydroxylation is 2. The number of hydrogen-bond donors (Lipinski definition) is 5. The molecule has 2 aromatic carbocycles. The largest absolute Gasteiger partial charge is 0.363 e. The second-order valence-corrected chi connectivity index (χ2v) is 17.8. The average Bonchev–Trinajstić information content (AvgIpc) is 4.04. The molecule has 356 valence electrons. The number of carbonyl (C=O) groups is 6. The number of carbonyl (C=O) groups excluding carboxylic acids is 6. The van der Waals surface area contributed by atoms with Gasteiger partial charge in [0.25, 0.3) is 5.91 Å². The van der Waals surface area contributed by atoms with E-state index < -0.39 is 72.1 Å². The zero-order valence-electron chi connectivity index (χ0n) is 39.3. The van der Waals surface area contributed by atoms with Crippen molar-refractivity contribution >= 4 is 41.2 Å². The van der Waals surface area contributed by atoms with Crippen molar-refractivity contribution in [2.24, 2.45) is 4.99 Å². The third-order valence-corrected chi connectivity index (χ3v) is 13.5. The number of aliphatic imine (C=N–C) groups is 1. The van der Waals surface area contributed by atoms with Crippen LogP contribution in [0, 0.1) is 11.8 Å². The van der Waals surface area contributed by atoms with E-state index >= 15 is 0 Å². The van der Waals surface area contributed by atoms with Crippen LogP contribution in [-0.4, -0.2) is 140 Å². The van der Waals surface area contributed by atoms with Crippen LogP contribution in [0.25, 0.3) is 0 Å². The maximum atomic E-state index is 14.3. The third-order valence-electron chi connectivity index (χ3n) is 13.5. The molecule has 0 unspecified atom stereocenters. The van der Waals surface area contributed by atoms with Gasteiger partial charge in [0.05, 0.1) is 36.0 Å². The second-order valence-electron chi connectivity index (χ2n) is 17.8. The van der Waals surface area contributed by atoms with Gasteiger partial charge in [-0.05, 0) is 128 Å². The highest BCUT2D eigenvalue weighted by Crippen LogP contribution is 2.31. The molecule has 0 radical (unpaired) electrons. The molecule has 0 bridgehead atoms. The number of likely N-dealkylation sites (N-methyl/N-ethyl adjacent to an activating group) is 2. The lowest BCUT2D eigenvalue weighted by Gasteiger charge is -2.33. The van der Waals surface area contributed by atoms with Crippen molar-refractivity contribution in [2.45, 2.75) is 146 Å². The van der Waals surface area contributed by atoms with E-state index in [2.05, 4.69) is 55.5 Å². The number of hydrogen-bond acceptors (Lipinski definition) is 10. The quantitative estimate of drug-likeness (QED) is 0.147. The summed E-state index contributed by atoms with van der Waals surface area (Å²) in [6, 6.07) is 11.1. The fourth-order valence-electron chi connectivity index (χ4n) is 9.26. The molecule has 2 fully saturated rings. The molecule has 4 aliphatic rings. The van der Waals surface area contributed by atoms with Crippen LogP contribution in [0.2, 0.25) is 0 Å². The molecule has 0 spiro atoms. The van der Waals surface area contributed by atoms with Gasteiger partial charge in [0.1, 0.15) is 37.4 Å². The van der Waals surface area contributed by atoms with Gasteiger partial charge in [-0.3, -0.25) is 28.8 Å². The zero-order chi connectivity index (χ0) is 47.3. The molecule has 0 aromatic heterocycles. The first-order valence-electron chi connectivity index (χ1n) is 23.7. The normalized spacial score (nSPS) is 22.3. The van der Waals surface area contributed by atoms with Crippen molar-refractivity contribution in [3.63, 3.8) is 0 Å². The van der Waals surface area contributed by atoms with Crippen LogP contribution in [-0.2, 0) is 51.1 Å². The molecule has 66 heavy (non-hydrogen) atoms. The van der Waals surface area contributed by atoms with E-state index in [0.29, 0.717) is 45.2 Å². The first-order chi connectivity index (χ1) is 31.8. The Hall–Kier alpha value is -5.47. The summed E-state index contributed by atoms with van der Waals surface area (Å²) < 4.78 is 12.1. The summed E-state index contributed by atoms with van der Waals surface area (Å²) in [5, 5.41) is 14.7. The third kappa shape index (κ3) is 12.3. The van der Waals surface area contributed by atoms with Gasteiger partial charge in [-0.2, -0.15) is 0 Å². The van der Waals surface area contributed by atoms with Crippen molar-refractivity contribution in [1.82, 2.24) is 36.4 Å². The summed E-state index contributed by atoms with van der Waals surface area (Å²) in [6.07, 6.45) is 5.81. The Bertz CT molecular complexity index is 2170. The maximum absolute atomic E-state index is 14.3. The minimum atomic E-state index is -1.12.